The molecule has 0 heterocycles. The van der Waals surface area contributed by atoms with Crippen molar-refractivity contribution < 1.29 is 9.53 Å². The van der Waals surface area contributed by atoms with Crippen molar-refractivity contribution in [2.24, 2.45) is 0 Å². The summed E-state index contributed by atoms with van der Waals surface area (Å²) in [7, 11) is 0. The lowest BCUT2D eigenvalue weighted by molar-refractivity contribution is 0.0473. The second kappa shape index (κ2) is 7.08. The van der Waals surface area contributed by atoms with Crippen molar-refractivity contribution in [3.05, 3.63) is 93.1 Å². The van der Waals surface area contributed by atoms with Crippen LogP contribution in [-0.2, 0) is 11.3 Å². The van der Waals surface area contributed by atoms with Gasteiger partial charge in [0.25, 0.3) is 0 Å². The molecule has 4 rings (SSSR count). The molecule has 0 N–H and O–H groups in total. The standard InChI is InChI=1S/C23H17IO2/c1-15-18-9-5-6-10-20(18)22(24)21-13-17(11-12-19(15)21)23(25)26-14-16-7-3-2-4-8-16/h2-13H,14H2,1H3. The molecule has 0 fully saturated rings. The maximum Gasteiger partial charge on any atom is 0.338 e. The zero-order chi connectivity index (χ0) is 18.1. The highest BCUT2D eigenvalue weighted by Gasteiger charge is 2.13. The van der Waals surface area contributed by atoms with Crippen LogP contribution < -0.4 is 0 Å². The third kappa shape index (κ3) is 3.07. The highest BCUT2D eigenvalue weighted by Crippen LogP contribution is 2.34. The van der Waals surface area contributed by atoms with E-state index in [0.29, 0.717) is 5.56 Å². The van der Waals surface area contributed by atoms with Gasteiger partial charge in [0.15, 0.2) is 0 Å². The Morgan fingerprint density at radius 3 is 2.27 bits per heavy atom. The molecule has 128 valence electrons. The van der Waals surface area contributed by atoms with Crippen molar-refractivity contribution >= 4 is 50.1 Å². The summed E-state index contributed by atoms with van der Waals surface area (Å²) < 4.78 is 6.64. The van der Waals surface area contributed by atoms with Gasteiger partial charge in [-0.05, 0) is 74.3 Å². The molecular formula is C23H17IO2. The Bertz CT molecular complexity index is 1120. The van der Waals surface area contributed by atoms with E-state index in [4.69, 9.17) is 4.74 Å². The van der Waals surface area contributed by atoms with Crippen LogP contribution in [0.4, 0.5) is 0 Å². The smallest absolute Gasteiger partial charge is 0.338 e. The number of ether oxygens (including phenoxy) is 1. The molecule has 3 heteroatoms. The summed E-state index contributed by atoms with van der Waals surface area (Å²) in [5, 5.41) is 4.74. The Balaban J connectivity index is 1.72. The van der Waals surface area contributed by atoms with Gasteiger partial charge >= 0.3 is 5.97 Å². The van der Waals surface area contributed by atoms with Crippen molar-refractivity contribution in [1.82, 2.24) is 0 Å². The quantitative estimate of drug-likeness (QED) is 0.208. The maximum absolute atomic E-state index is 12.5. The van der Waals surface area contributed by atoms with Gasteiger partial charge in [0.1, 0.15) is 6.61 Å². The zero-order valence-electron chi connectivity index (χ0n) is 14.3. The Hall–Kier alpha value is -2.40. The van der Waals surface area contributed by atoms with Gasteiger partial charge in [0.2, 0.25) is 0 Å². The third-order valence-corrected chi connectivity index (χ3v) is 5.84. The van der Waals surface area contributed by atoms with Gasteiger partial charge in [-0.15, -0.1) is 0 Å². The number of benzene rings is 4. The molecule has 4 aromatic carbocycles. The van der Waals surface area contributed by atoms with Crippen LogP contribution in [0.3, 0.4) is 0 Å². The first kappa shape index (κ1) is 17.0. The summed E-state index contributed by atoms with van der Waals surface area (Å²) in [6.45, 7) is 2.42. The van der Waals surface area contributed by atoms with E-state index >= 15 is 0 Å². The predicted octanol–water partition coefficient (Wildman–Crippen LogP) is 6.26. The number of carbonyl (C=O) groups is 1. The highest BCUT2D eigenvalue weighted by atomic mass is 127. The van der Waals surface area contributed by atoms with Crippen molar-refractivity contribution in [2.45, 2.75) is 13.5 Å². The largest absolute Gasteiger partial charge is 0.457 e. The first-order valence-corrected chi connectivity index (χ1v) is 9.54. The van der Waals surface area contributed by atoms with Crippen LogP contribution in [0.15, 0.2) is 72.8 Å². The van der Waals surface area contributed by atoms with Crippen LogP contribution in [0.25, 0.3) is 21.5 Å². The molecule has 0 atom stereocenters. The molecule has 0 bridgehead atoms. The van der Waals surface area contributed by atoms with Gasteiger partial charge in [-0.2, -0.15) is 0 Å². The van der Waals surface area contributed by atoms with Gasteiger partial charge in [-0.3, -0.25) is 0 Å². The minimum atomic E-state index is -0.294. The zero-order valence-corrected chi connectivity index (χ0v) is 16.5. The molecule has 0 saturated carbocycles. The number of carbonyl (C=O) groups excluding carboxylic acids is 1. The van der Waals surface area contributed by atoms with E-state index in [1.807, 2.05) is 54.6 Å². The Labute approximate surface area is 165 Å². The first-order valence-electron chi connectivity index (χ1n) is 8.47. The van der Waals surface area contributed by atoms with E-state index in [1.54, 1.807) is 0 Å². The van der Waals surface area contributed by atoms with Crippen molar-refractivity contribution in [1.29, 1.82) is 0 Å². The molecule has 0 aliphatic carbocycles. The lowest BCUT2D eigenvalue weighted by atomic mass is 9.96. The van der Waals surface area contributed by atoms with Crippen LogP contribution in [0.5, 0.6) is 0 Å². The molecular weight excluding hydrogens is 435 g/mol. The molecule has 0 aromatic heterocycles. The summed E-state index contributed by atoms with van der Waals surface area (Å²) in [6.07, 6.45) is 0. The second-order valence-electron chi connectivity index (χ2n) is 6.31. The minimum Gasteiger partial charge on any atom is -0.457 e. The number of aryl methyl sites for hydroxylation is 1. The van der Waals surface area contributed by atoms with Crippen LogP contribution in [0, 0.1) is 10.5 Å². The third-order valence-electron chi connectivity index (χ3n) is 4.68. The summed E-state index contributed by atoms with van der Waals surface area (Å²) in [5.41, 5.74) is 2.80. The average Bonchev–Trinajstić information content (AvgIpc) is 2.70. The molecule has 0 spiro atoms. The van der Waals surface area contributed by atoms with Gasteiger partial charge in [-0.25, -0.2) is 4.79 Å². The topological polar surface area (TPSA) is 26.3 Å². The predicted molar refractivity (Wildman–Crippen MR) is 114 cm³/mol. The van der Waals surface area contributed by atoms with Crippen molar-refractivity contribution in [3.8, 4) is 0 Å². The highest BCUT2D eigenvalue weighted by molar-refractivity contribution is 14.1. The molecule has 0 aliphatic rings. The fourth-order valence-electron chi connectivity index (χ4n) is 3.28. The summed E-state index contributed by atoms with van der Waals surface area (Å²) in [5.74, 6) is -0.294. The fraction of sp³-hybridized carbons (Fsp3) is 0.0870. The van der Waals surface area contributed by atoms with E-state index in [-0.39, 0.29) is 12.6 Å². The minimum absolute atomic E-state index is 0.283. The monoisotopic (exact) mass is 452 g/mol. The van der Waals surface area contributed by atoms with Crippen LogP contribution >= 0.6 is 22.6 Å². The van der Waals surface area contributed by atoms with Gasteiger partial charge < -0.3 is 4.74 Å². The molecule has 0 radical (unpaired) electrons. The molecule has 0 aliphatic heterocycles. The lowest BCUT2D eigenvalue weighted by Gasteiger charge is -2.12. The molecule has 26 heavy (non-hydrogen) atoms. The van der Waals surface area contributed by atoms with Gasteiger partial charge in [0, 0.05) is 3.57 Å². The van der Waals surface area contributed by atoms with Crippen LogP contribution in [-0.4, -0.2) is 5.97 Å². The fourth-order valence-corrected chi connectivity index (χ4v) is 4.19. The van der Waals surface area contributed by atoms with Crippen LogP contribution in [0.1, 0.15) is 21.5 Å². The lowest BCUT2D eigenvalue weighted by Crippen LogP contribution is -2.05. The van der Waals surface area contributed by atoms with Gasteiger partial charge in [0.05, 0.1) is 5.56 Å². The molecule has 0 saturated heterocycles. The van der Waals surface area contributed by atoms with E-state index in [2.05, 4.69) is 47.7 Å². The number of hydrogen-bond donors (Lipinski definition) is 0. The number of esters is 1. The van der Waals surface area contributed by atoms with Gasteiger partial charge in [-0.1, -0.05) is 60.7 Å². The molecule has 0 amide bonds. The van der Waals surface area contributed by atoms with E-state index < -0.39 is 0 Å². The average molecular weight is 452 g/mol. The van der Waals surface area contributed by atoms with Crippen molar-refractivity contribution in [3.63, 3.8) is 0 Å². The Morgan fingerprint density at radius 1 is 0.846 bits per heavy atom. The van der Waals surface area contributed by atoms with E-state index in [0.717, 1.165) is 14.5 Å². The van der Waals surface area contributed by atoms with E-state index in [9.17, 15) is 4.79 Å². The van der Waals surface area contributed by atoms with E-state index in [1.165, 1.54) is 21.7 Å². The molecule has 4 aromatic rings. The number of hydrogen-bond acceptors (Lipinski definition) is 2. The van der Waals surface area contributed by atoms with Crippen molar-refractivity contribution in [2.75, 3.05) is 0 Å². The second-order valence-corrected chi connectivity index (χ2v) is 7.39. The molecule has 2 nitrogen and oxygen atoms in total. The summed E-state index contributed by atoms with van der Waals surface area (Å²) in [4.78, 5) is 12.5. The SMILES string of the molecule is Cc1c2ccccc2c(I)c2cc(C(=O)OCc3ccccc3)ccc12. The van der Waals surface area contributed by atoms with Crippen LogP contribution in [0.2, 0.25) is 0 Å². The normalized spacial score (nSPS) is 11.0. The number of rotatable bonds is 3. The maximum atomic E-state index is 12.5. The number of halogens is 1. The molecule has 0 unspecified atom stereocenters. The number of fused-ring (bicyclic) bond motifs is 2. The summed E-state index contributed by atoms with van der Waals surface area (Å²) >= 11 is 2.37. The summed E-state index contributed by atoms with van der Waals surface area (Å²) in [6, 6.07) is 23.9. The first-order chi connectivity index (χ1) is 12.6. The Kier molecular flexibility index (Phi) is 4.64. The Morgan fingerprint density at radius 2 is 1.50 bits per heavy atom.